The molecular formula is C15H20ClN3O. The third kappa shape index (κ3) is 2.49. The van der Waals surface area contributed by atoms with E-state index < -0.39 is 0 Å². The quantitative estimate of drug-likeness (QED) is 0.784. The van der Waals surface area contributed by atoms with Crippen LogP contribution in [-0.4, -0.2) is 21.6 Å². The second-order valence-corrected chi connectivity index (χ2v) is 6.17. The topological polar surface area (TPSA) is 39.9 Å². The largest absolute Gasteiger partial charge is 0.481 e. The molecule has 1 unspecified atom stereocenters. The summed E-state index contributed by atoms with van der Waals surface area (Å²) in [6.45, 7) is 2.90. The van der Waals surface area contributed by atoms with Gasteiger partial charge >= 0.3 is 0 Å². The minimum atomic E-state index is -0.114. The second kappa shape index (κ2) is 5.60. The normalized spacial score (nSPS) is 17.1. The van der Waals surface area contributed by atoms with Crippen molar-refractivity contribution < 1.29 is 4.74 Å². The number of hydrogen-bond donors (Lipinski definition) is 0. The highest BCUT2D eigenvalue weighted by atomic mass is 35.5. The molecule has 0 radical (unpaired) electrons. The molecule has 1 fully saturated rings. The van der Waals surface area contributed by atoms with Gasteiger partial charge in [0.15, 0.2) is 5.65 Å². The first-order valence-corrected chi connectivity index (χ1v) is 7.68. The summed E-state index contributed by atoms with van der Waals surface area (Å²) in [7, 11) is 1.63. The lowest BCUT2D eigenvalue weighted by atomic mass is 9.83. The van der Waals surface area contributed by atoms with Gasteiger partial charge in [-0.15, -0.1) is 11.6 Å². The number of alkyl halides is 1. The Morgan fingerprint density at radius 3 is 2.80 bits per heavy atom. The lowest BCUT2D eigenvalue weighted by Crippen LogP contribution is -2.15. The van der Waals surface area contributed by atoms with Crippen LogP contribution in [0.25, 0.3) is 11.2 Å². The maximum atomic E-state index is 6.27. The fourth-order valence-corrected chi connectivity index (χ4v) is 2.90. The molecule has 3 rings (SSSR count). The van der Waals surface area contributed by atoms with E-state index in [0.29, 0.717) is 5.88 Å². The predicted octanol–water partition coefficient (Wildman–Crippen LogP) is 3.93. The van der Waals surface area contributed by atoms with E-state index >= 15 is 0 Å². The number of aromatic nitrogens is 3. The van der Waals surface area contributed by atoms with Crippen LogP contribution in [0.4, 0.5) is 0 Å². The molecule has 2 heterocycles. The van der Waals surface area contributed by atoms with Crippen molar-refractivity contribution in [3.63, 3.8) is 0 Å². The predicted molar refractivity (Wildman–Crippen MR) is 80.3 cm³/mol. The van der Waals surface area contributed by atoms with Crippen molar-refractivity contribution in [1.29, 1.82) is 0 Å². The lowest BCUT2D eigenvalue weighted by molar-refractivity contribution is 0.282. The molecule has 0 aliphatic heterocycles. The maximum absolute atomic E-state index is 6.27. The van der Waals surface area contributed by atoms with Crippen molar-refractivity contribution in [1.82, 2.24) is 14.5 Å². The average Bonchev–Trinajstić information content (AvgIpc) is 2.75. The Kier molecular flexibility index (Phi) is 3.83. The van der Waals surface area contributed by atoms with Gasteiger partial charge in [0.1, 0.15) is 11.3 Å². The zero-order valence-corrected chi connectivity index (χ0v) is 12.7. The molecule has 4 nitrogen and oxygen atoms in total. The molecule has 1 atom stereocenters. The number of rotatable bonds is 5. The highest BCUT2D eigenvalue weighted by molar-refractivity contribution is 6.20. The average molecular weight is 294 g/mol. The highest BCUT2D eigenvalue weighted by Gasteiger charge is 2.20. The Balaban J connectivity index is 1.97. The fraction of sp³-hybridized carbons (Fsp3) is 0.600. The number of aryl methyl sites for hydroxylation is 1. The van der Waals surface area contributed by atoms with Crippen LogP contribution >= 0.6 is 11.6 Å². The van der Waals surface area contributed by atoms with Crippen LogP contribution in [0.2, 0.25) is 0 Å². The molecule has 0 aromatic carbocycles. The van der Waals surface area contributed by atoms with Gasteiger partial charge in [-0.2, -0.15) is 4.98 Å². The number of ether oxygens (including phenoxy) is 1. The Hall–Kier alpha value is -1.29. The van der Waals surface area contributed by atoms with Crippen molar-refractivity contribution in [2.45, 2.75) is 44.5 Å². The van der Waals surface area contributed by atoms with Crippen LogP contribution in [0.15, 0.2) is 12.1 Å². The van der Waals surface area contributed by atoms with Gasteiger partial charge in [-0.25, -0.2) is 4.98 Å². The lowest BCUT2D eigenvalue weighted by Gasteiger charge is -2.25. The number of nitrogens with zero attached hydrogens (tertiary/aromatic N) is 3. The first-order valence-electron chi connectivity index (χ1n) is 7.24. The van der Waals surface area contributed by atoms with E-state index in [9.17, 15) is 0 Å². The summed E-state index contributed by atoms with van der Waals surface area (Å²) in [6, 6.07) is 3.79. The van der Waals surface area contributed by atoms with E-state index in [1.54, 1.807) is 7.11 Å². The molecule has 2 aromatic rings. The van der Waals surface area contributed by atoms with Gasteiger partial charge in [0.05, 0.1) is 12.5 Å². The molecule has 108 valence electrons. The van der Waals surface area contributed by atoms with Crippen LogP contribution in [0.1, 0.15) is 43.8 Å². The molecule has 0 N–H and O–H groups in total. The van der Waals surface area contributed by atoms with Crippen LogP contribution in [0.5, 0.6) is 5.88 Å². The Morgan fingerprint density at radius 2 is 2.20 bits per heavy atom. The minimum absolute atomic E-state index is 0.114. The molecule has 2 aromatic heterocycles. The Bertz CT molecular complexity index is 604. The van der Waals surface area contributed by atoms with Gasteiger partial charge < -0.3 is 9.30 Å². The Labute approximate surface area is 124 Å². The molecular weight excluding hydrogens is 274 g/mol. The summed E-state index contributed by atoms with van der Waals surface area (Å²) in [4.78, 5) is 9.16. The van der Waals surface area contributed by atoms with Gasteiger partial charge in [-0.1, -0.05) is 19.3 Å². The van der Waals surface area contributed by atoms with Gasteiger partial charge in [0.2, 0.25) is 5.88 Å². The molecule has 5 heteroatoms. The van der Waals surface area contributed by atoms with Crippen molar-refractivity contribution in [2.75, 3.05) is 7.11 Å². The van der Waals surface area contributed by atoms with E-state index in [-0.39, 0.29) is 5.38 Å². The molecule has 1 aliphatic rings. The first kappa shape index (κ1) is 13.7. The van der Waals surface area contributed by atoms with E-state index in [1.165, 1.54) is 25.7 Å². The van der Waals surface area contributed by atoms with Gasteiger partial charge in [-0.05, 0) is 25.3 Å². The first-order chi connectivity index (χ1) is 9.69. The second-order valence-electron chi connectivity index (χ2n) is 5.52. The summed E-state index contributed by atoms with van der Waals surface area (Å²) in [5.41, 5.74) is 1.77. The van der Waals surface area contributed by atoms with Crippen molar-refractivity contribution in [3.05, 3.63) is 18.0 Å². The smallest absolute Gasteiger partial charge is 0.215 e. The summed E-state index contributed by atoms with van der Waals surface area (Å²) in [6.07, 6.45) is 5.27. The van der Waals surface area contributed by atoms with Crippen LogP contribution in [0, 0.1) is 5.92 Å². The molecule has 1 saturated carbocycles. The number of halogens is 1. The van der Waals surface area contributed by atoms with E-state index in [2.05, 4.69) is 14.5 Å². The molecule has 0 amide bonds. The van der Waals surface area contributed by atoms with Crippen LogP contribution in [-0.2, 0) is 6.54 Å². The minimum Gasteiger partial charge on any atom is -0.481 e. The summed E-state index contributed by atoms with van der Waals surface area (Å²) >= 11 is 6.27. The molecule has 0 spiro atoms. The Morgan fingerprint density at radius 1 is 1.40 bits per heavy atom. The highest BCUT2D eigenvalue weighted by Crippen LogP contribution is 2.31. The third-order valence-corrected chi connectivity index (χ3v) is 4.34. The number of imidazole rings is 1. The monoisotopic (exact) mass is 293 g/mol. The zero-order valence-electron chi connectivity index (χ0n) is 12.0. The summed E-state index contributed by atoms with van der Waals surface area (Å²) < 4.78 is 7.38. The number of fused-ring (bicyclic) bond motifs is 1. The SMILES string of the molecule is COc1ccc2nc(C(C)Cl)n(CCC3CCC3)c2n1. The number of pyridine rings is 1. The van der Waals surface area contributed by atoms with E-state index in [4.69, 9.17) is 16.3 Å². The molecule has 1 aliphatic carbocycles. The van der Waals surface area contributed by atoms with Gasteiger partial charge in [0, 0.05) is 12.6 Å². The molecule has 0 saturated heterocycles. The number of methoxy groups -OCH3 is 1. The zero-order chi connectivity index (χ0) is 14.1. The standard InChI is InChI=1S/C15H20ClN3O/c1-10(16)14-17-12-6-7-13(20-2)18-15(12)19(14)9-8-11-4-3-5-11/h6-7,10-11H,3-5,8-9H2,1-2H3. The fourth-order valence-electron chi connectivity index (χ4n) is 2.73. The van der Waals surface area contributed by atoms with Gasteiger partial charge in [0.25, 0.3) is 0 Å². The molecule has 0 bridgehead atoms. The van der Waals surface area contributed by atoms with Crippen LogP contribution in [0.3, 0.4) is 0 Å². The summed E-state index contributed by atoms with van der Waals surface area (Å²) in [5.74, 6) is 2.38. The van der Waals surface area contributed by atoms with E-state index in [0.717, 1.165) is 29.5 Å². The van der Waals surface area contributed by atoms with Gasteiger partial charge in [-0.3, -0.25) is 0 Å². The van der Waals surface area contributed by atoms with Crippen molar-refractivity contribution >= 4 is 22.8 Å². The molecule has 20 heavy (non-hydrogen) atoms. The van der Waals surface area contributed by atoms with E-state index in [1.807, 2.05) is 19.1 Å². The maximum Gasteiger partial charge on any atom is 0.215 e. The van der Waals surface area contributed by atoms with Crippen LogP contribution < -0.4 is 4.74 Å². The van der Waals surface area contributed by atoms with Crippen molar-refractivity contribution in [2.24, 2.45) is 5.92 Å². The summed E-state index contributed by atoms with van der Waals surface area (Å²) in [5, 5.41) is -0.114. The number of hydrogen-bond acceptors (Lipinski definition) is 3. The van der Waals surface area contributed by atoms with Crippen molar-refractivity contribution in [3.8, 4) is 5.88 Å². The third-order valence-electron chi connectivity index (χ3n) is 4.15.